The Morgan fingerprint density at radius 1 is 1.20 bits per heavy atom. The van der Waals surface area contributed by atoms with Crippen LogP contribution in [0.1, 0.15) is 31.9 Å². The molecule has 2 aliphatic rings. The summed E-state index contributed by atoms with van der Waals surface area (Å²) in [5.41, 5.74) is -0.136. The first kappa shape index (κ1) is 22.2. The van der Waals surface area contributed by atoms with Crippen LogP contribution in [0.25, 0.3) is 0 Å². The molecule has 8 nitrogen and oxygen atoms in total. The normalized spacial score (nSPS) is 24.4. The number of amides is 2. The lowest BCUT2D eigenvalue weighted by molar-refractivity contribution is -0.149. The Morgan fingerprint density at radius 2 is 1.83 bits per heavy atom. The van der Waals surface area contributed by atoms with Crippen molar-refractivity contribution in [2.45, 2.75) is 30.6 Å². The van der Waals surface area contributed by atoms with E-state index in [2.05, 4.69) is 10.6 Å². The monoisotopic (exact) mass is 456 g/mol. The molecule has 2 N–H and O–H groups in total. The number of halogens is 2. The van der Waals surface area contributed by atoms with Gasteiger partial charge in [-0.25, -0.2) is 9.59 Å². The van der Waals surface area contributed by atoms with Crippen molar-refractivity contribution in [2.75, 3.05) is 20.3 Å². The van der Waals surface area contributed by atoms with Crippen LogP contribution >= 0.6 is 23.2 Å². The van der Waals surface area contributed by atoms with E-state index in [-0.39, 0.29) is 30.9 Å². The number of nitrogens with one attached hydrogen (secondary N) is 2. The van der Waals surface area contributed by atoms with Crippen LogP contribution in [-0.4, -0.2) is 42.6 Å². The van der Waals surface area contributed by atoms with Gasteiger partial charge in [0.2, 0.25) is 0 Å². The van der Waals surface area contributed by atoms with Gasteiger partial charge in [0.1, 0.15) is 22.1 Å². The van der Waals surface area contributed by atoms with Gasteiger partial charge in [-0.05, 0) is 31.5 Å². The van der Waals surface area contributed by atoms with Gasteiger partial charge in [0.15, 0.2) is 0 Å². The zero-order chi connectivity index (χ0) is 22.1. The maximum absolute atomic E-state index is 12.7. The van der Waals surface area contributed by atoms with Crippen LogP contribution in [0.2, 0.25) is 0 Å². The molecule has 1 fully saturated rings. The molecule has 0 bridgehead atoms. The van der Waals surface area contributed by atoms with Crippen molar-refractivity contribution in [3.63, 3.8) is 0 Å². The summed E-state index contributed by atoms with van der Waals surface area (Å²) in [5.74, 6) is -0.631. The Kier molecular flexibility index (Phi) is 6.19. The van der Waals surface area contributed by atoms with Crippen LogP contribution in [0, 0.1) is 5.41 Å². The minimum atomic E-state index is -1.19. The number of carbonyl (C=O) groups excluding carboxylic acids is 3. The molecule has 1 aromatic rings. The zero-order valence-electron chi connectivity index (χ0n) is 16.7. The lowest BCUT2D eigenvalue weighted by Crippen LogP contribution is -2.47. The summed E-state index contributed by atoms with van der Waals surface area (Å²) in [6.07, 6.45) is 0.258. The van der Waals surface area contributed by atoms with E-state index in [1.807, 2.05) is 0 Å². The highest BCUT2D eigenvalue weighted by Crippen LogP contribution is 2.64. The van der Waals surface area contributed by atoms with Crippen LogP contribution in [0.3, 0.4) is 0 Å². The summed E-state index contributed by atoms with van der Waals surface area (Å²) in [6, 6.07) is 5.52. The molecule has 0 unspecified atom stereocenters. The molecule has 162 valence electrons. The number of hydrogen-bond acceptors (Lipinski definition) is 6. The number of carbonyl (C=O) groups is 3. The molecule has 10 heteroatoms. The summed E-state index contributed by atoms with van der Waals surface area (Å²) in [6.45, 7) is 3.06. The van der Waals surface area contributed by atoms with E-state index in [4.69, 9.17) is 37.4 Å². The summed E-state index contributed by atoms with van der Waals surface area (Å²) in [7, 11) is 1.54. The molecule has 1 saturated carbocycles. The summed E-state index contributed by atoms with van der Waals surface area (Å²) in [4.78, 5) is 37.4. The minimum absolute atomic E-state index is 0.130. The van der Waals surface area contributed by atoms with Crippen LogP contribution in [0.15, 0.2) is 35.5 Å². The predicted octanol–water partition coefficient (Wildman–Crippen LogP) is 2.99. The van der Waals surface area contributed by atoms with Crippen molar-refractivity contribution in [1.29, 1.82) is 0 Å². The Hall–Kier alpha value is -2.45. The number of rotatable bonds is 7. The first-order valence-electron chi connectivity index (χ1n) is 9.29. The third kappa shape index (κ3) is 4.20. The smallest absolute Gasteiger partial charge is 0.338 e. The average molecular weight is 457 g/mol. The zero-order valence-corrected chi connectivity index (χ0v) is 18.2. The summed E-state index contributed by atoms with van der Waals surface area (Å²) < 4.78 is 14.5. The third-order valence-corrected chi connectivity index (χ3v) is 6.26. The van der Waals surface area contributed by atoms with Crippen LogP contribution < -0.4 is 15.4 Å². The van der Waals surface area contributed by atoms with Crippen molar-refractivity contribution >= 4 is 41.2 Å². The number of benzene rings is 1. The highest BCUT2D eigenvalue weighted by molar-refractivity contribution is 6.53. The summed E-state index contributed by atoms with van der Waals surface area (Å²) in [5, 5.41) is 5.24. The van der Waals surface area contributed by atoms with Crippen molar-refractivity contribution in [2.24, 2.45) is 5.41 Å². The van der Waals surface area contributed by atoms with E-state index in [1.54, 1.807) is 38.1 Å². The van der Waals surface area contributed by atoms with E-state index in [1.165, 1.54) is 7.11 Å². The van der Waals surface area contributed by atoms with E-state index in [0.717, 1.165) is 0 Å². The number of methoxy groups -OCH3 is 1. The van der Waals surface area contributed by atoms with Crippen molar-refractivity contribution in [1.82, 2.24) is 10.6 Å². The number of esters is 2. The van der Waals surface area contributed by atoms with Gasteiger partial charge in [0.05, 0.1) is 31.0 Å². The quantitative estimate of drug-likeness (QED) is 0.482. The third-order valence-electron chi connectivity index (χ3n) is 5.15. The standard InChI is InChI=1S/C20H22Cl2N2O6/c1-4-29-16(25)14-13(9-30-17(26)19(2)10-20(19,21)22)23-18(27)24-15(14)11-5-7-12(28-3)8-6-11/h5-8,15H,4,9-10H2,1-3H3,(H2,23,24,27)/t15-,19-/m0/s1. The largest absolute Gasteiger partial charge is 0.497 e. The molecule has 3 rings (SSSR count). The minimum Gasteiger partial charge on any atom is -0.497 e. The van der Waals surface area contributed by atoms with Gasteiger partial charge < -0.3 is 24.8 Å². The van der Waals surface area contributed by atoms with Gasteiger partial charge >= 0.3 is 18.0 Å². The van der Waals surface area contributed by atoms with Crippen LogP contribution in [0.4, 0.5) is 4.79 Å². The number of ether oxygens (including phenoxy) is 3. The number of urea groups is 1. The molecule has 0 radical (unpaired) electrons. The average Bonchev–Trinajstić information content (AvgIpc) is 3.24. The molecule has 2 amide bonds. The fourth-order valence-corrected chi connectivity index (χ4v) is 3.84. The molecular formula is C20H22Cl2N2O6. The summed E-state index contributed by atoms with van der Waals surface area (Å²) >= 11 is 12.0. The van der Waals surface area contributed by atoms with Gasteiger partial charge in [-0.15, -0.1) is 23.2 Å². The molecule has 1 aliphatic heterocycles. The molecule has 2 atom stereocenters. The van der Waals surface area contributed by atoms with Gasteiger partial charge in [0, 0.05) is 6.42 Å². The Labute approximate surface area is 183 Å². The van der Waals surface area contributed by atoms with E-state index in [9.17, 15) is 14.4 Å². The van der Waals surface area contributed by atoms with E-state index < -0.39 is 33.8 Å². The number of hydrogen-bond donors (Lipinski definition) is 2. The van der Waals surface area contributed by atoms with Crippen molar-refractivity contribution in [3.05, 3.63) is 41.1 Å². The fourth-order valence-electron chi connectivity index (χ4n) is 3.15. The van der Waals surface area contributed by atoms with E-state index in [0.29, 0.717) is 11.3 Å². The Balaban J connectivity index is 1.91. The van der Waals surface area contributed by atoms with Gasteiger partial charge in [-0.3, -0.25) is 4.79 Å². The second-order valence-corrected chi connectivity index (χ2v) is 8.69. The topological polar surface area (TPSA) is 103 Å². The fraction of sp³-hybridized carbons (Fsp3) is 0.450. The first-order valence-corrected chi connectivity index (χ1v) is 10.0. The highest BCUT2D eigenvalue weighted by atomic mass is 35.5. The van der Waals surface area contributed by atoms with Crippen molar-refractivity contribution < 1.29 is 28.6 Å². The van der Waals surface area contributed by atoms with Crippen LogP contribution in [-0.2, 0) is 19.1 Å². The second-order valence-electron chi connectivity index (χ2n) is 7.21. The molecular weight excluding hydrogens is 435 g/mol. The predicted molar refractivity (Wildman–Crippen MR) is 109 cm³/mol. The maximum atomic E-state index is 12.7. The van der Waals surface area contributed by atoms with Gasteiger partial charge in [-0.1, -0.05) is 12.1 Å². The maximum Gasteiger partial charge on any atom is 0.338 e. The number of alkyl halides is 2. The molecule has 30 heavy (non-hydrogen) atoms. The molecule has 0 aromatic heterocycles. The Morgan fingerprint density at radius 3 is 2.37 bits per heavy atom. The highest BCUT2D eigenvalue weighted by Gasteiger charge is 2.69. The molecule has 1 aromatic carbocycles. The second kappa shape index (κ2) is 8.35. The van der Waals surface area contributed by atoms with Crippen LogP contribution in [0.5, 0.6) is 5.75 Å². The molecule has 1 heterocycles. The Bertz CT molecular complexity index is 899. The molecule has 1 aliphatic carbocycles. The lowest BCUT2D eigenvalue weighted by Gasteiger charge is -2.29. The van der Waals surface area contributed by atoms with Gasteiger partial charge in [0.25, 0.3) is 0 Å². The SMILES string of the molecule is CCOC(=O)C1=C(COC(=O)[C@]2(C)CC2(Cl)Cl)NC(=O)N[C@H]1c1ccc(OC)cc1. The van der Waals surface area contributed by atoms with Gasteiger partial charge in [-0.2, -0.15) is 0 Å². The first-order chi connectivity index (χ1) is 14.1. The molecule has 0 saturated heterocycles. The van der Waals surface area contributed by atoms with E-state index >= 15 is 0 Å². The van der Waals surface area contributed by atoms with Crippen molar-refractivity contribution in [3.8, 4) is 5.75 Å². The molecule has 0 spiro atoms. The lowest BCUT2D eigenvalue weighted by atomic mass is 9.95.